The number of hydrogen-bond acceptors (Lipinski definition) is 5. The summed E-state index contributed by atoms with van der Waals surface area (Å²) in [6.45, 7) is 1.92. The molecule has 110 valence electrons. The van der Waals surface area contributed by atoms with Gasteiger partial charge in [-0.05, 0) is 31.2 Å². The molecule has 0 aliphatic carbocycles. The number of amides is 1. The van der Waals surface area contributed by atoms with Crippen LogP contribution in [0.15, 0.2) is 42.5 Å². The van der Waals surface area contributed by atoms with E-state index in [0.29, 0.717) is 11.3 Å². The first kappa shape index (κ1) is 15.2. The van der Waals surface area contributed by atoms with Gasteiger partial charge in [0.1, 0.15) is 17.5 Å². The highest BCUT2D eigenvalue weighted by Gasteiger charge is 2.14. The maximum absolute atomic E-state index is 12.2. The summed E-state index contributed by atoms with van der Waals surface area (Å²) in [5.74, 6) is -1.09. The average molecular weight is 295 g/mol. The first-order valence-corrected chi connectivity index (χ1v) is 6.60. The molecule has 0 unspecified atom stereocenters. The lowest BCUT2D eigenvalue weighted by molar-refractivity contribution is 0.0519. The van der Waals surface area contributed by atoms with Gasteiger partial charge in [-0.25, -0.2) is 9.78 Å². The fourth-order valence-corrected chi connectivity index (χ4v) is 1.76. The quantitative estimate of drug-likeness (QED) is 0.874. The van der Waals surface area contributed by atoms with Crippen LogP contribution in [0, 0.1) is 11.3 Å². The Kier molecular flexibility index (Phi) is 4.83. The van der Waals surface area contributed by atoms with Gasteiger partial charge in [0.05, 0.1) is 17.9 Å². The topological polar surface area (TPSA) is 92.1 Å². The molecule has 0 spiro atoms. The number of benzene rings is 1. The van der Waals surface area contributed by atoms with E-state index in [1.165, 1.54) is 12.1 Å². The van der Waals surface area contributed by atoms with Crippen LogP contribution in [0.1, 0.15) is 33.5 Å². The van der Waals surface area contributed by atoms with E-state index in [4.69, 9.17) is 10.00 Å². The van der Waals surface area contributed by atoms with Gasteiger partial charge in [-0.3, -0.25) is 4.79 Å². The molecule has 2 rings (SSSR count). The lowest BCUT2D eigenvalue weighted by Gasteiger charge is -2.07. The molecule has 0 aliphatic rings. The number of nitrogens with zero attached hydrogens (tertiary/aromatic N) is 2. The Labute approximate surface area is 127 Å². The number of esters is 1. The number of para-hydroxylation sites is 1. The number of carbonyl (C=O) groups is 2. The van der Waals surface area contributed by atoms with E-state index in [-0.39, 0.29) is 18.0 Å². The Morgan fingerprint density at radius 2 is 1.91 bits per heavy atom. The van der Waals surface area contributed by atoms with Gasteiger partial charge in [0.25, 0.3) is 5.91 Å². The van der Waals surface area contributed by atoms with Crippen LogP contribution in [0.25, 0.3) is 0 Å². The molecule has 1 heterocycles. The Morgan fingerprint density at radius 1 is 1.18 bits per heavy atom. The highest BCUT2D eigenvalue weighted by Crippen LogP contribution is 2.14. The van der Waals surface area contributed by atoms with Gasteiger partial charge in [-0.2, -0.15) is 5.26 Å². The molecular formula is C16H13N3O3. The van der Waals surface area contributed by atoms with Crippen LogP contribution in [0.3, 0.4) is 0 Å². The number of anilines is 1. The minimum atomic E-state index is -0.588. The molecule has 0 saturated carbocycles. The SMILES string of the molecule is CCOC(=O)c1cccc(C(=O)Nc2ccccc2C#N)n1. The van der Waals surface area contributed by atoms with Crippen molar-refractivity contribution in [1.82, 2.24) is 4.98 Å². The van der Waals surface area contributed by atoms with Crippen molar-refractivity contribution in [2.45, 2.75) is 6.92 Å². The number of nitrogens with one attached hydrogen (secondary N) is 1. The minimum Gasteiger partial charge on any atom is -0.461 e. The Morgan fingerprint density at radius 3 is 2.64 bits per heavy atom. The van der Waals surface area contributed by atoms with Crippen molar-refractivity contribution < 1.29 is 14.3 Å². The van der Waals surface area contributed by atoms with Crippen molar-refractivity contribution in [1.29, 1.82) is 5.26 Å². The number of nitriles is 1. The predicted molar refractivity (Wildman–Crippen MR) is 79.3 cm³/mol. The van der Waals surface area contributed by atoms with E-state index >= 15 is 0 Å². The van der Waals surface area contributed by atoms with E-state index in [1.54, 1.807) is 37.3 Å². The van der Waals surface area contributed by atoms with E-state index in [2.05, 4.69) is 10.3 Å². The molecule has 1 amide bonds. The van der Waals surface area contributed by atoms with E-state index in [9.17, 15) is 9.59 Å². The Balaban J connectivity index is 2.22. The Hall–Kier alpha value is -3.20. The van der Waals surface area contributed by atoms with Gasteiger partial charge in [0, 0.05) is 0 Å². The van der Waals surface area contributed by atoms with Gasteiger partial charge in [-0.15, -0.1) is 0 Å². The second-order valence-corrected chi connectivity index (χ2v) is 4.24. The summed E-state index contributed by atoms with van der Waals surface area (Å²) in [7, 11) is 0. The van der Waals surface area contributed by atoms with Gasteiger partial charge in [0.15, 0.2) is 0 Å². The second kappa shape index (κ2) is 6.99. The summed E-state index contributed by atoms with van der Waals surface area (Å²) in [5, 5.41) is 11.6. The average Bonchev–Trinajstić information content (AvgIpc) is 2.55. The van der Waals surface area contributed by atoms with Crippen LogP contribution in [-0.4, -0.2) is 23.5 Å². The molecule has 6 heteroatoms. The fraction of sp³-hybridized carbons (Fsp3) is 0.125. The zero-order valence-electron chi connectivity index (χ0n) is 11.9. The predicted octanol–water partition coefficient (Wildman–Crippen LogP) is 2.38. The smallest absolute Gasteiger partial charge is 0.356 e. The van der Waals surface area contributed by atoms with Crippen LogP contribution in [0.4, 0.5) is 5.69 Å². The summed E-state index contributed by atoms with van der Waals surface area (Å²) in [6.07, 6.45) is 0. The second-order valence-electron chi connectivity index (χ2n) is 4.24. The zero-order chi connectivity index (χ0) is 15.9. The van der Waals surface area contributed by atoms with Crippen LogP contribution in [0.2, 0.25) is 0 Å². The third kappa shape index (κ3) is 3.46. The van der Waals surface area contributed by atoms with Crippen LogP contribution in [-0.2, 0) is 4.74 Å². The van der Waals surface area contributed by atoms with Crippen molar-refractivity contribution in [2.75, 3.05) is 11.9 Å². The Bertz CT molecular complexity index is 750. The minimum absolute atomic E-state index is 0.0584. The first-order chi connectivity index (χ1) is 10.7. The van der Waals surface area contributed by atoms with Gasteiger partial charge >= 0.3 is 5.97 Å². The number of hydrogen-bond donors (Lipinski definition) is 1. The number of ether oxygens (including phenoxy) is 1. The molecule has 0 fully saturated rings. The highest BCUT2D eigenvalue weighted by atomic mass is 16.5. The standard InChI is InChI=1S/C16H13N3O3/c1-2-22-16(21)14-9-5-8-13(18-14)15(20)19-12-7-4-3-6-11(12)10-17/h3-9H,2H2,1H3,(H,19,20). The van der Waals surface area contributed by atoms with Gasteiger partial charge in [0.2, 0.25) is 0 Å². The number of aromatic nitrogens is 1. The molecule has 6 nitrogen and oxygen atoms in total. The number of pyridine rings is 1. The molecule has 2 aromatic rings. The normalized spacial score (nSPS) is 9.64. The monoisotopic (exact) mass is 295 g/mol. The number of rotatable bonds is 4. The molecule has 1 N–H and O–H groups in total. The molecule has 0 saturated heterocycles. The number of carbonyl (C=O) groups excluding carboxylic acids is 2. The third-order valence-corrected chi connectivity index (χ3v) is 2.76. The maximum atomic E-state index is 12.2. The third-order valence-electron chi connectivity index (χ3n) is 2.76. The molecule has 1 aromatic carbocycles. The molecule has 1 aromatic heterocycles. The molecule has 0 radical (unpaired) electrons. The van der Waals surface area contributed by atoms with Crippen molar-refractivity contribution in [3.63, 3.8) is 0 Å². The molecule has 0 aliphatic heterocycles. The molecular weight excluding hydrogens is 282 g/mol. The molecule has 22 heavy (non-hydrogen) atoms. The van der Waals surface area contributed by atoms with Crippen molar-refractivity contribution in [3.05, 3.63) is 59.4 Å². The fourth-order valence-electron chi connectivity index (χ4n) is 1.76. The molecule has 0 bridgehead atoms. The van der Waals surface area contributed by atoms with E-state index in [1.807, 2.05) is 6.07 Å². The van der Waals surface area contributed by atoms with E-state index in [0.717, 1.165) is 0 Å². The summed E-state index contributed by atoms with van der Waals surface area (Å²) < 4.78 is 4.84. The zero-order valence-corrected chi connectivity index (χ0v) is 11.9. The maximum Gasteiger partial charge on any atom is 0.356 e. The summed E-state index contributed by atoms with van der Waals surface area (Å²) in [5.41, 5.74) is 0.858. The van der Waals surface area contributed by atoms with Crippen molar-refractivity contribution in [2.24, 2.45) is 0 Å². The van der Waals surface area contributed by atoms with Crippen LogP contribution in [0.5, 0.6) is 0 Å². The summed E-state index contributed by atoms with van der Waals surface area (Å²) >= 11 is 0. The van der Waals surface area contributed by atoms with Crippen molar-refractivity contribution in [3.8, 4) is 6.07 Å². The summed E-state index contributed by atoms with van der Waals surface area (Å²) in [4.78, 5) is 27.8. The largest absolute Gasteiger partial charge is 0.461 e. The lowest BCUT2D eigenvalue weighted by Crippen LogP contribution is -2.17. The van der Waals surface area contributed by atoms with Gasteiger partial charge in [-0.1, -0.05) is 18.2 Å². The highest BCUT2D eigenvalue weighted by molar-refractivity contribution is 6.04. The lowest BCUT2D eigenvalue weighted by atomic mass is 10.2. The van der Waals surface area contributed by atoms with Crippen LogP contribution < -0.4 is 5.32 Å². The summed E-state index contributed by atoms with van der Waals surface area (Å²) in [6, 6.07) is 13.1. The van der Waals surface area contributed by atoms with Crippen LogP contribution >= 0.6 is 0 Å². The molecule has 0 atom stereocenters. The van der Waals surface area contributed by atoms with Crippen molar-refractivity contribution >= 4 is 17.6 Å². The van der Waals surface area contributed by atoms with Gasteiger partial charge < -0.3 is 10.1 Å². The van der Waals surface area contributed by atoms with E-state index < -0.39 is 11.9 Å². The first-order valence-electron chi connectivity index (χ1n) is 6.60.